The Labute approximate surface area is 85.3 Å². The van der Waals surface area contributed by atoms with E-state index in [0.29, 0.717) is 11.0 Å². The van der Waals surface area contributed by atoms with Crippen LogP contribution in [0.2, 0.25) is 0 Å². The van der Waals surface area contributed by atoms with E-state index < -0.39 is 9.05 Å². The Morgan fingerprint density at radius 3 is 2.79 bits per heavy atom. The molecule has 1 N–H and O–H groups in total. The van der Waals surface area contributed by atoms with Gasteiger partial charge in [-0.05, 0) is 19.1 Å². The van der Waals surface area contributed by atoms with Crippen molar-refractivity contribution in [2.75, 3.05) is 0 Å². The van der Waals surface area contributed by atoms with Gasteiger partial charge in [-0.3, -0.25) is 0 Å². The number of nitrogens with zero attached hydrogens (tertiary/aromatic N) is 1. The highest BCUT2D eigenvalue weighted by Crippen LogP contribution is 2.24. The summed E-state index contributed by atoms with van der Waals surface area (Å²) in [6.07, 6.45) is 1.35. The second-order valence-electron chi connectivity index (χ2n) is 2.94. The van der Waals surface area contributed by atoms with Gasteiger partial charge in [0.15, 0.2) is 0 Å². The van der Waals surface area contributed by atoms with E-state index in [-0.39, 0.29) is 4.90 Å². The van der Waals surface area contributed by atoms with Crippen LogP contribution in [0.3, 0.4) is 0 Å². The maximum atomic E-state index is 11.1. The second kappa shape index (κ2) is 2.96. The number of hydrogen-bond donors (Lipinski definition) is 1. The van der Waals surface area contributed by atoms with Crippen LogP contribution in [0.1, 0.15) is 5.69 Å². The minimum Gasteiger partial charge on any atom is -0.345 e. The fourth-order valence-electron chi connectivity index (χ4n) is 1.28. The predicted octanol–water partition coefficient (Wildman–Crippen LogP) is 1.80. The largest absolute Gasteiger partial charge is 0.345 e. The predicted molar refractivity (Wildman–Crippen MR) is 53.9 cm³/mol. The monoisotopic (exact) mass is 230 g/mol. The van der Waals surface area contributed by atoms with Crippen molar-refractivity contribution in [3.63, 3.8) is 0 Å². The van der Waals surface area contributed by atoms with Gasteiger partial charge in [0, 0.05) is 28.0 Å². The lowest BCUT2D eigenvalue weighted by molar-refractivity contribution is 0.610. The van der Waals surface area contributed by atoms with Crippen LogP contribution in [0.15, 0.2) is 23.2 Å². The van der Waals surface area contributed by atoms with Gasteiger partial charge in [0.1, 0.15) is 10.5 Å². The highest BCUT2D eigenvalue weighted by molar-refractivity contribution is 8.14. The molecule has 0 saturated heterocycles. The molecule has 0 fully saturated rings. The summed E-state index contributed by atoms with van der Waals surface area (Å²) in [7, 11) is 1.55. The van der Waals surface area contributed by atoms with E-state index in [9.17, 15) is 8.42 Å². The average Bonchev–Trinajstić information content (AvgIpc) is 2.45. The summed E-state index contributed by atoms with van der Waals surface area (Å²) in [5.74, 6) is 0. The van der Waals surface area contributed by atoms with Crippen molar-refractivity contribution in [3.05, 3.63) is 24.0 Å². The first kappa shape index (κ1) is 9.48. The quantitative estimate of drug-likeness (QED) is 0.760. The van der Waals surface area contributed by atoms with Crippen molar-refractivity contribution in [1.82, 2.24) is 9.97 Å². The Bertz CT molecular complexity index is 588. The lowest BCUT2D eigenvalue weighted by Gasteiger charge is -1.93. The first-order valence-electron chi connectivity index (χ1n) is 3.88. The normalized spacial score (nSPS) is 12.1. The van der Waals surface area contributed by atoms with Gasteiger partial charge >= 0.3 is 0 Å². The lowest BCUT2D eigenvalue weighted by Crippen LogP contribution is -1.88. The zero-order valence-electron chi connectivity index (χ0n) is 7.28. The Morgan fingerprint density at radius 1 is 1.43 bits per heavy atom. The smallest absolute Gasteiger partial charge is 0.263 e. The summed E-state index contributed by atoms with van der Waals surface area (Å²) in [6.45, 7) is 1.83. The molecule has 0 aliphatic rings. The van der Waals surface area contributed by atoms with Crippen molar-refractivity contribution in [2.45, 2.75) is 11.8 Å². The lowest BCUT2D eigenvalue weighted by atomic mass is 10.3. The first-order valence-corrected chi connectivity index (χ1v) is 6.19. The van der Waals surface area contributed by atoms with E-state index in [2.05, 4.69) is 9.97 Å². The van der Waals surface area contributed by atoms with Crippen LogP contribution in [0.25, 0.3) is 11.0 Å². The topological polar surface area (TPSA) is 62.8 Å². The molecule has 2 aromatic rings. The summed E-state index contributed by atoms with van der Waals surface area (Å²) >= 11 is 0. The molecule has 0 aromatic carbocycles. The standard InChI is InChI=1S/C8H7ClN2O2S/c1-5-2-3-6-7(14(9,12)13)4-10-8(6)11-5/h2-4H,1H3,(H,10,11). The van der Waals surface area contributed by atoms with E-state index in [4.69, 9.17) is 10.7 Å². The van der Waals surface area contributed by atoms with E-state index >= 15 is 0 Å². The van der Waals surface area contributed by atoms with Gasteiger partial charge in [-0.1, -0.05) is 0 Å². The second-order valence-corrected chi connectivity index (χ2v) is 5.47. The molecule has 0 aliphatic carbocycles. The van der Waals surface area contributed by atoms with Crippen molar-refractivity contribution in [2.24, 2.45) is 0 Å². The third kappa shape index (κ3) is 1.49. The number of pyridine rings is 1. The molecule has 0 atom stereocenters. The van der Waals surface area contributed by atoms with Crippen molar-refractivity contribution in [3.8, 4) is 0 Å². The van der Waals surface area contributed by atoms with E-state index in [0.717, 1.165) is 5.69 Å². The fraction of sp³-hybridized carbons (Fsp3) is 0.125. The van der Waals surface area contributed by atoms with E-state index in [1.807, 2.05) is 6.92 Å². The van der Waals surface area contributed by atoms with Crippen molar-refractivity contribution in [1.29, 1.82) is 0 Å². The first-order chi connectivity index (χ1) is 6.48. The molecule has 2 heterocycles. The third-order valence-corrected chi connectivity index (χ3v) is 3.26. The van der Waals surface area contributed by atoms with Crippen LogP contribution in [-0.4, -0.2) is 18.4 Å². The van der Waals surface area contributed by atoms with Crippen LogP contribution in [0.5, 0.6) is 0 Å². The van der Waals surface area contributed by atoms with Crippen LogP contribution >= 0.6 is 10.7 Å². The Balaban J connectivity index is 2.83. The number of hydrogen-bond acceptors (Lipinski definition) is 3. The zero-order chi connectivity index (χ0) is 10.3. The average molecular weight is 231 g/mol. The molecule has 74 valence electrons. The summed E-state index contributed by atoms with van der Waals surface area (Å²) < 4.78 is 22.2. The van der Waals surface area contributed by atoms with Gasteiger partial charge < -0.3 is 4.98 Å². The van der Waals surface area contributed by atoms with Crippen LogP contribution in [0.4, 0.5) is 0 Å². The molecular weight excluding hydrogens is 224 g/mol. The Kier molecular flexibility index (Phi) is 2.01. The van der Waals surface area contributed by atoms with Crippen LogP contribution < -0.4 is 0 Å². The summed E-state index contributed by atoms with van der Waals surface area (Å²) in [4.78, 5) is 6.96. The molecule has 0 aliphatic heterocycles. The molecular formula is C8H7ClN2O2S. The molecule has 0 unspecified atom stereocenters. The molecule has 0 saturated carbocycles. The third-order valence-electron chi connectivity index (χ3n) is 1.90. The molecule has 0 bridgehead atoms. The maximum absolute atomic E-state index is 11.1. The number of aryl methyl sites for hydroxylation is 1. The zero-order valence-corrected chi connectivity index (χ0v) is 8.85. The van der Waals surface area contributed by atoms with Gasteiger partial charge in [-0.2, -0.15) is 0 Å². The fourth-order valence-corrected chi connectivity index (χ4v) is 2.29. The molecule has 0 spiro atoms. The number of nitrogens with one attached hydrogen (secondary N) is 1. The number of aromatic amines is 1. The maximum Gasteiger partial charge on any atom is 0.263 e. The highest BCUT2D eigenvalue weighted by atomic mass is 35.7. The van der Waals surface area contributed by atoms with E-state index in [1.54, 1.807) is 12.1 Å². The Hall–Kier alpha value is -1.07. The number of halogens is 1. The summed E-state index contributed by atoms with van der Waals surface area (Å²) in [5.41, 5.74) is 1.35. The van der Waals surface area contributed by atoms with Gasteiger partial charge in [0.05, 0.1) is 0 Å². The summed E-state index contributed by atoms with van der Waals surface area (Å²) in [5, 5.41) is 0.519. The van der Waals surface area contributed by atoms with Crippen molar-refractivity contribution >= 4 is 30.8 Å². The number of aromatic nitrogens is 2. The molecule has 0 amide bonds. The molecule has 4 nitrogen and oxygen atoms in total. The van der Waals surface area contributed by atoms with Gasteiger partial charge in [0.2, 0.25) is 0 Å². The molecule has 2 rings (SSSR count). The molecule has 2 aromatic heterocycles. The van der Waals surface area contributed by atoms with Crippen molar-refractivity contribution < 1.29 is 8.42 Å². The van der Waals surface area contributed by atoms with Crippen LogP contribution in [-0.2, 0) is 9.05 Å². The molecule has 14 heavy (non-hydrogen) atoms. The Morgan fingerprint density at radius 2 is 2.14 bits per heavy atom. The minimum absolute atomic E-state index is 0.0710. The van der Waals surface area contributed by atoms with Gasteiger partial charge in [-0.15, -0.1) is 0 Å². The van der Waals surface area contributed by atoms with Crippen LogP contribution in [0, 0.1) is 6.92 Å². The minimum atomic E-state index is -3.70. The highest BCUT2D eigenvalue weighted by Gasteiger charge is 2.16. The molecule has 6 heteroatoms. The van der Waals surface area contributed by atoms with E-state index in [1.165, 1.54) is 6.20 Å². The number of rotatable bonds is 1. The number of fused-ring (bicyclic) bond motifs is 1. The van der Waals surface area contributed by atoms with Gasteiger partial charge in [-0.25, -0.2) is 13.4 Å². The van der Waals surface area contributed by atoms with Gasteiger partial charge in [0.25, 0.3) is 9.05 Å². The summed E-state index contributed by atoms with van der Waals surface area (Å²) in [6, 6.07) is 3.42. The SMILES string of the molecule is Cc1ccc2c(S(=O)(=O)Cl)c[nH]c2n1. The molecule has 0 radical (unpaired) electrons. The number of H-pyrrole nitrogens is 1.